The van der Waals surface area contributed by atoms with Gasteiger partial charge in [0, 0.05) is 19.6 Å². The van der Waals surface area contributed by atoms with Crippen molar-refractivity contribution in [3.63, 3.8) is 0 Å². The molecule has 2 atom stereocenters. The maximum atomic E-state index is 13.8. The normalized spacial score (nSPS) is 25.3. The molecule has 2 aliphatic heterocycles. The van der Waals surface area contributed by atoms with E-state index in [1.54, 1.807) is 18.2 Å². The molecule has 0 radical (unpaired) electrons. The van der Waals surface area contributed by atoms with Gasteiger partial charge in [-0.2, -0.15) is 0 Å². The lowest BCUT2D eigenvalue weighted by Crippen LogP contribution is -2.51. The van der Waals surface area contributed by atoms with Crippen molar-refractivity contribution in [2.24, 2.45) is 0 Å². The quantitative estimate of drug-likeness (QED) is 0.827. The Balaban J connectivity index is 1.64. The van der Waals surface area contributed by atoms with Crippen LogP contribution in [-0.4, -0.2) is 50.2 Å². The summed E-state index contributed by atoms with van der Waals surface area (Å²) in [7, 11) is 0. The molecule has 0 saturated carbocycles. The van der Waals surface area contributed by atoms with Gasteiger partial charge in [0.1, 0.15) is 18.0 Å². The molecule has 1 aromatic rings. The number of carbonyl (C=O) groups excluding carboxylic acids is 2. The highest BCUT2D eigenvalue weighted by Crippen LogP contribution is 2.24. The van der Waals surface area contributed by atoms with E-state index in [1.165, 1.54) is 11.0 Å². The van der Waals surface area contributed by atoms with Gasteiger partial charge in [-0.3, -0.25) is 9.59 Å². The molecular formula is C15H18FN3O3. The fourth-order valence-corrected chi connectivity index (χ4v) is 2.72. The highest BCUT2D eigenvalue weighted by atomic mass is 19.1. The van der Waals surface area contributed by atoms with Gasteiger partial charge < -0.3 is 20.3 Å². The Morgan fingerprint density at radius 3 is 2.95 bits per heavy atom. The van der Waals surface area contributed by atoms with Crippen LogP contribution in [0.2, 0.25) is 0 Å². The second-order valence-electron chi connectivity index (χ2n) is 5.35. The van der Waals surface area contributed by atoms with Crippen LogP contribution in [0.15, 0.2) is 24.3 Å². The summed E-state index contributed by atoms with van der Waals surface area (Å²) in [6.07, 6.45) is -0.122. The Morgan fingerprint density at radius 2 is 2.23 bits per heavy atom. The van der Waals surface area contributed by atoms with Crippen LogP contribution in [0.3, 0.4) is 0 Å². The number of halogens is 1. The van der Waals surface area contributed by atoms with Crippen molar-refractivity contribution >= 4 is 17.5 Å². The molecule has 6 nitrogen and oxygen atoms in total. The van der Waals surface area contributed by atoms with Crippen LogP contribution in [0.1, 0.15) is 6.42 Å². The number of rotatable bonds is 3. The number of carbonyl (C=O) groups is 2. The molecule has 22 heavy (non-hydrogen) atoms. The van der Waals surface area contributed by atoms with Gasteiger partial charge in [0.25, 0.3) is 5.91 Å². The first-order valence-corrected chi connectivity index (χ1v) is 7.35. The van der Waals surface area contributed by atoms with Crippen molar-refractivity contribution in [3.05, 3.63) is 30.1 Å². The van der Waals surface area contributed by atoms with E-state index in [2.05, 4.69) is 10.6 Å². The number of morpholine rings is 1. The summed E-state index contributed by atoms with van der Waals surface area (Å²) in [5.41, 5.74) is 0.250. The smallest absolute Gasteiger partial charge is 0.251 e. The molecule has 0 bridgehead atoms. The van der Waals surface area contributed by atoms with Gasteiger partial charge in [-0.1, -0.05) is 12.1 Å². The topological polar surface area (TPSA) is 70.7 Å². The van der Waals surface area contributed by atoms with Crippen LogP contribution >= 0.6 is 0 Å². The van der Waals surface area contributed by atoms with Gasteiger partial charge in [-0.05, 0) is 18.6 Å². The fraction of sp³-hybridized carbons (Fsp3) is 0.467. The Kier molecular flexibility index (Phi) is 4.35. The van der Waals surface area contributed by atoms with Gasteiger partial charge in [0.05, 0.1) is 12.3 Å². The second kappa shape index (κ2) is 6.41. The van der Waals surface area contributed by atoms with Gasteiger partial charge in [-0.15, -0.1) is 0 Å². The Morgan fingerprint density at radius 1 is 1.41 bits per heavy atom. The maximum absolute atomic E-state index is 13.8. The number of nitrogens with one attached hydrogen (secondary N) is 2. The van der Waals surface area contributed by atoms with Crippen molar-refractivity contribution in [2.45, 2.75) is 18.6 Å². The highest BCUT2D eigenvalue weighted by Gasteiger charge is 2.36. The van der Waals surface area contributed by atoms with Crippen molar-refractivity contribution in [1.82, 2.24) is 10.6 Å². The second-order valence-corrected chi connectivity index (χ2v) is 5.35. The molecule has 2 heterocycles. The number of amides is 2. The number of hydrogen-bond acceptors (Lipinski definition) is 4. The number of nitrogens with zero attached hydrogens (tertiary/aromatic N) is 1. The molecule has 2 aliphatic rings. The number of ether oxygens (including phenoxy) is 1. The third-order valence-electron chi connectivity index (χ3n) is 3.89. The summed E-state index contributed by atoms with van der Waals surface area (Å²) < 4.78 is 19.1. The zero-order chi connectivity index (χ0) is 15.5. The molecule has 0 aromatic heterocycles. The zero-order valence-corrected chi connectivity index (χ0v) is 12.0. The minimum atomic E-state index is -0.627. The molecule has 0 spiro atoms. The first kappa shape index (κ1) is 14.9. The molecule has 2 amide bonds. The Hall–Kier alpha value is -1.99. The Labute approximate surface area is 127 Å². The molecule has 2 saturated heterocycles. The molecule has 0 aliphatic carbocycles. The van der Waals surface area contributed by atoms with Gasteiger partial charge in [0.15, 0.2) is 0 Å². The SMILES string of the molecule is O=C(N[C@@H]1CCN(c2ccccc2F)C1=O)[C@@H]1CNCCO1. The standard InChI is InChI=1S/C15H18FN3O3/c16-10-3-1-2-4-12(10)19-7-5-11(15(19)21)18-14(20)13-9-17-6-8-22-13/h1-4,11,13,17H,5-9H2,(H,18,20)/t11-,13+/m1/s1. The zero-order valence-electron chi connectivity index (χ0n) is 12.0. The van der Waals surface area contributed by atoms with E-state index in [1.807, 2.05) is 0 Å². The van der Waals surface area contributed by atoms with Gasteiger partial charge >= 0.3 is 0 Å². The molecule has 118 valence electrons. The molecule has 3 rings (SSSR count). The third kappa shape index (κ3) is 2.95. The largest absolute Gasteiger partial charge is 0.366 e. The molecule has 2 N–H and O–H groups in total. The van der Waals surface area contributed by atoms with Crippen LogP contribution in [0.25, 0.3) is 0 Å². The molecular weight excluding hydrogens is 289 g/mol. The summed E-state index contributed by atoms with van der Waals surface area (Å²) >= 11 is 0. The minimum Gasteiger partial charge on any atom is -0.366 e. The van der Waals surface area contributed by atoms with Gasteiger partial charge in [0.2, 0.25) is 5.91 Å². The summed E-state index contributed by atoms with van der Waals surface area (Å²) in [4.78, 5) is 25.8. The highest BCUT2D eigenvalue weighted by molar-refractivity contribution is 6.01. The summed E-state index contributed by atoms with van der Waals surface area (Å²) in [6.45, 7) is 2.00. The molecule has 0 unspecified atom stereocenters. The predicted molar refractivity (Wildman–Crippen MR) is 77.9 cm³/mol. The molecule has 7 heteroatoms. The van der Waals surface area contributed by atoms with Crippen LogP contribution in [0.4, 0.5) is 10.1 Å². The average molecular weight is 307 g/mol. The minimum absolute atomic E-state index is 0.250. The van der Waals surface area contributed by atoms with Gasteiger partial charge in [-0.25, -0.2) is 4.39 Å². The summed E-state index contributed by atoms with van der Waals surface area (Å²) in [5, 5.41) is 5.76. The van der Waals surface area contributed by atoms with E-state index in [-0.39, 0.29) is 17.5 Å². The summed E-state index contributed by atoms with van der Waals surface area (Å²) in [5.74, 6) is -1.04. The molecule has 1 aromatic carbocycles. The van der Waals surface area contributed by atoms with E-state index in [9.17, 15) is 14.0 Å². The number of benzene rings is 1. The van der Waals surface area contributed by atoms with E-state index in [0.717, 1.165) is 0 Å². The van der Waals surface area contributed by atoms with Crippen molar-refractivity contribution < 1.29 is 18.7 Å². The average Bonchev–Trinajstić information content (AvgIpc) is 2.90. The fourth-order valence-electron chi connectivity index (χ4n) is 2.72. The summed E-state index contributed by atoms with van der Waals surface area (Å²) in [6, 6.07) is 5.50. The number of para-hydroxylation sites is 1. The third-order valence-corrected chi connectivity index (χ3v) is 3.89. The lowest BCUT2D eigenvalue weighted by atomic mass is 10.2. The van der Waals surface area contributed by atoms with E-state index >= 15 is 0 Å². The maximum Gasteiger partial charge on any atom is 0.251 e. The van der Waals surface area contributed by atoms with E-state index < -0.39 is 18.0 Å². The van der Waals surface area contributed by atoms with Crippen LogP contribution in [0.5, 0.6) is 0 Å². The van der Waals surface area contributed by atoms with Crippen molar-refractivity contribution in [1.29, 1.82) is 0 Å². The number of hydrogen-bond donors (Lipinski definition) is 2. The predicted octanol–water partition coefficient (Wildman–Crippen LogP) is 0.0356. The number of anilines is 1. The molecule has 2 fully saturated rings. The lowest BCUT2D eigenvalue weighted by molar-refractivity contribution is -0.136. The first-order valence-electron chi connectivity index (χ1n) is 7.35. The van der Waals surface area contributed by atoms with E-state index in [0.29, 0.717) is 32.7 Å². The monoisotopic (exact) mass is 307 g/mol. The van der Waals surface area contributed by atoms with Crippen LogP contribution in [0, 0.1) is 5.82 Å². The van der Waals surface area contributed by atoms with Crippen LogP contribution < -0.4 is 15.5 Å². The first-order chi connectivity index (χ1) is 10.7. The lowest BCUT2D eigenvalue weighted by Gasteiger charge is -2.24. The van der Waals surface area contributed by atoms with Crippen LogP contribution in [-0.2, 0) is 14.3 Å². The van der Waals surface area contributed by atoms with Crippen molar-refractivity contribution in [3.8, 4) is 0 Å². The Bertz CT molecular complexity index is 575. The van der Waals surface area contributed by atoms with E-state index in [4.69, 9.17) is 4.74 Å². The van der Waals surface area contributed by atoms with Crippen molar-refractivity contribution in [2.75, 3.05) is 31.1 Å².